The van der Waals surface area contributed by atoms with Gasteiger partial charge in [0.05, 0.1) is 21.3 Å². The molecule has 0 heterocycles. The molecule has 22 heavy (non-hydrogen) atoms. The molecule has 1 atom stereocenters. The van der Waals surface area contributed by atoms with Crippen molar-refractivity contribution in [1.82, 2.24) is 0 Å². The Hall–Kier alpha value is -2.03. The van der Waals surface area contributed by atoms with E-state index in [9.17, 15) is 14.4 Å². The Morgan fingerprint density at radius 3 is 1.86 bits per heavy atom. The standard InChI is InChI=1S/C16H24O6/c1-5-6-7-8-9-10-11-12(14(17)20-2)13(15(18)21-3)16(19)22-4/h12-13H,5-9H2,1-4H3. The topological polar surface area (TPSA) is 78.9 Å². The quantitative estimate of drug-likeness (QED) is 0.223. The van der Waals surface area contributed by atoms with Crippen LogP contribution in [-0.4, -0.2) is 39.2 Å². The van der Waals surface area contributed by atoms with E-state index in [1.165, 1.54) is 7.11 Å². The van der Waals surface area contributed by atoms with Crippen molar-refractivity contribution in [3.63, 3.8) is 0 Å². The van der Waals surface area contributed by atoms with Crippen LogP contribution in [0.25, 0.3) is 0 Å². The van der Waals surface area contributed by atoms with E-state index in [0.29, 0.717) is 6.42 Å². The summed E-state index contributed by atoms with van der Waals surface area (Å²) in [5.74, 6) is 0.311. The molecule has 0 aromatic rings. The molecule has 0 radical (unpaired) electrons. The summed E-state index contributed by atoms with van der Waals surface area (Å²) in [6, 6.07) is 0. The molecule has 6 nitrogen and oxygen atoms in total. The van der Waals surface area contributed by atoms with Crippen LogP contribution in [0.1, 0.15) is 39.0 Å². The first-order valence-electron chi connectivity index (χ1n) is 7.25. The fraction of sp³-hybridized carbons (Fsp3) is 0.688. The summed E-state index contributed by atoms with van der Waals surface area (Å²) in [6.45, 7) is 2.11. The third-order valence-electron chi connectivity index (χ3n) is 3.11. The lowest BCUT2D eigenvalue weighted by molar-refractivity contribution is -0.166. The molecule has 0 amide bonds. The molecule has 0 aliphatic heterocycles. The molecule has 6 heteroatoms. The molecule has 124 valence electrons. The molecule has 1 unspecified atom stereocenters. The van der Waals surface area contributed by atoms with Crippen molar-refractivity contribution in [1.29, 1.82) is 0 Å². The van der Waals surface area contributed by atoms with Gasteiger partial charge in [-0.1, -0.05) is 32.1 Å². The maximum Gasteiger partial charge on any atom is 0.322 e. The Kier molecular flexibility index (Phi) is 10.5. The minimum Gasteiger partial charge on any atom is -0.468 e. The predicted molar refractivity (Wildman–Crippen MR) is 79.6 cm³/mol. The second-order valence-corrected chi connectivity index (χ2v) is 4.66. The first-order valence-corrected chi connectivity index (χ1v) is 7.25. The zero-order valence-electron chi connectivity index (χ0n) is 13.6. The van der Waals surface area contributed by atoms with Gasteiger partial charge in [-0.25, -0.2) is 0 Å². The van der Waals surface area contributed by atoms with Crippen LogP contribution in [0.5, 0.6) is 0 Å². The van der Waals surface area contributed by atoms with Gasteiger partial charge in [-0.3, -0.25) is 14.4 Å². The minimum absolute atomic E-state index is 0.586. The first kappa shape index (κ1) is 20.0. The Bertz CT molecular complexity index is 416. The normalized spacial score (nSPS) is 11.1. The molecule has 0 rings (SSSR count). The molecular formula is C16H24O6. The van der Waals surface area contributed by atoms with Crippen LogP contribution in [0.2, 0.25) is 0 Å². The molecule has 0 saturated heterocycles. The summed E-state index contributed by atoms with van der Waals surface area (Å²) >= 11 is 0. The number of hydrogen-bond donors (Lipinski definition) is 0. The lowest BCUT2D eigenvalue weighted by Crippen LogP contribution is -2.37. The van der Waals surface area contributed by atoms with Gasteiger partial charge in [-0.05, 0) is 6.42 Å². The largest absolute Gasteiger partial charge is 0.468 e. The fourth-order valence-corrected chi connectivity index (χ4v) is 1.85. The zero-order valence-corrected chi connectivity index (χ0v) is 13.6. The van der Waals surface area contributed by atoms with Gasteiger partial charge in [0.15, 0.2) is 5.92 Å². The molecule has 0 saturated carbocycles. The van der Waals surface area contributed by atoms with Crippen molar-refractivity contribution in [2.75, 3.05) is 21.3 Å². The van der Waals surface area contributed by atoms with Gasteiger partial charge < -0.3 is 14.2 Å². The lowest BCUT2D eigenvalue weighted by Gasteiger charge is -2.16. The maximum absolute atomic E-state index is 11.8. The number of rotatable bonds is 8. The van der Waals surface area contributed by atoms with Crippen LogP contribution in [0, 0.1) is 23.7 Å². The van der Waals surface area contributed by atoms with Crippen molar-refractivity contribution in [2.24, 2.45) is 11.8 Å². The van der Waals surface area contributed by atoms with Gasteiger partial charge >= 0.3 is 17.9 Å². The summed E-state index contributed by atoms with van der Waals surface area (Å²) in [7, 11) is 3.43. The van der Waals surface area contributed by atoms with E-state index in [4.69, 9.17) is 0 Å². The number of methoxy groups -OCH3 is 3. The number of carbonyl (C=O) groups is 3. The summed E-state index contributed by atoms with van der Waals surface area (Å²) in [4.78, 5) is 35.3. The summed E-state index contributed by atoms with van der Waals surface area (Å²) < 4.78 is 13.7. The summed E-state index contributed by atoms with van der Waals surface area (Å²) in [5.41, 5.74) is 0. The number of hydrogen-bond acceptors (Lipinski definition) is 6. The van der Waals surface area contributed by atoms with Gasteiger partial charge in [0.25, 0.3) is 0 Å². The van der Waals surface area contributed by atoms with Gasteiger partial charge in [0, 0.05) is 6.42 Å². The van der Waals surface area contributed by atoms with Crippen LogP contribution >= 0.6 is 0 Å². The fourth-order valence-electron chi connectivity index (χ4n) is 1.85. The SMILES string of the molecule is CCCCCCC#CC(C(=O)OC)C(C(=O)OC)C(=O)OC. The van der Waals surface area contributed by atoms with Crippen LogP contribution in [-0.2, 0) is 28.6 Å². The van der Waals surface area contributed by atoms with E-state index in [1.807, 2.05) is 0 Å². The summed E-state index contributed by atoms with van der Waals surface area (Å²) in [5, 5.41) is 0. The average Bonchev–Trinajstić information content (AvgIpc) is 2.54. The third-order valence-corrected chi connectivity index (χ3v) is 3.11. The van der Waals surface area contributed by atoms with E-state index < -0.39 is 29.7 Å². The van der Waals surface area contributed by atoms with E-state index in [0.717, 1.165) is 39.9 Å². The van der Waals surface area contributed by atoms with E-state index in [-0.39, 0.29) is 0 Å². The van der Waals surface area contributed by atoms with Crippen LogP contribution in [0.4, 0.5) is 0 Å². The maximum atomic E-state index is 11.8. The Balaban J connectivity index is 5.07. The first-order chi connectivity index (χ1) is 10.5. The molecule has 0 aromatic carbocycles. The smallest absolute Gasteiger partial charge is 0.322 e. The molecular weight excluding hydrogens is 288 g/mol. The highest BCUT2D eigenvalue weighted by Gasteiger charge is 2.41. The number of carbonyl (C=O) groups excluding carboxylic acids is 3. The molecule has 0 aliphatic carbocycles. The highest BCUT2D eigenvalue weighted by Crippen LogP contribution is 2.17. The van der Waals surface area contributed by atoms with Crippen LogP contribution in [0.3, 0.4) is 0 Å². The highest BCUT2D eigenvalue weighted by atomic mass is 16.5. The third kappa shape index (κ3) is 6.61. The van der Waals surface area contributed by atoms with Crippen LogP contribution in [0.15, 0.2) is 0 Å². The molecule has 0 fully saturated rings. The second-order valence-electron chi connectivity index (χ2n) is 4.66. The zero-order chi connectivity index (χ0) is 17.0. The lowest BCUT2D eigenvalue weighted by atomic mass is 9.92. The van der Waals surface area contributed by atoms with Crippen molar-refractivity contribution in [2.45, 2.75) is 39.0 Å². The molecule has 0 N–H and O–H groups in total. The van der Waals surface area contributed by atoms with Crippen LogP contribution < -0.4 is 0 Å². The van der Waals surface area contributed by atoms with Crippen molar-refractivity contribution in [3.8, 4) is 11.8 Å². The molecule has 0 spiro atoms. The van der Waals surface area contributed by atoms with Crippen molar-refractivity contribution < 1.29 is 28.6 Å². The molecule has 0 aromatic heterocycles. The Morgan fingerprint density at radius 2 is 1.41 bits per heavy atom. The number of ether oxygens (including phenoxy) is 3. The van der Waals surface area contributed by atoms with E-state index in [2.05, 4.69) is 33.0 Å². The minimum atomic E-state index is -1.44. The highest BCUT2D eigenvalue weighted by molar-refractivity contribution is 6.00. The average molecular weight is 312 g/mol. The van der Waals surface area contributed by atoms with E-state index >= 15 is 0 Å². The Labute approximate surface area is 131 Å². The van der Waals surface area contributed by atoms with Gasteiger partial charge in [0.1, 0.15) is 5.92 Å². The molecule has 0 bridgehead atoms. The number of esters is 3. The van der Waals surface area contributed by atoms with Crippen molar-refractivity contribution >= 4 is 17.9 Å². The second kappa shape index (κ2) is 11.6. The van der Waals surface area contributed by atoms with Gasteiger partial charge in [-0.2, -0.15) is 0 Å². The molecule has 0 aliphatic rings. The monoisotopic (exact) mass is 312 g/mol. The number of unbranched alkanes of at least 4 members (excludes halogenated alkanes) is 4. The Morgan fingerprint density at radius 1 is 0.864 bits per heavy atom. The van der Waals surface area contributed by atoms with Crippen molar-refractivity contribution in [3.05, 3.63) is 0 Å². The van der Waals surface area contributed by atoms with Gasteiger partial charge in [-0.15, -0.1) is 5.92 Å². The van der Waals surface area contributed by atoms with E-state index in [1.54, 1.807) is 0 Å². The van der Waals surface area contributed by atoms with Gasteiger partial charge in [0.2, 0.25) is 0 Å². The summed E-state index contributed by atoms with van der Waals surface area (Å²) in [6.07, 6.45) is 4.77. The predicted octanol–water partition coefficient (Wildman–Crippen LogP) is 1.71.